The first kappa shape index (κ1) is 30.9. The van der Waals surface area contributed by atoms with E-state index in [1.807, 2.05) is 0 Å². The predicted molar refractivity (Wildman–Crippen MR) is 154 cm³/mol. The minimum absolute atomic E-state index is 0.0279. The van der Waals surface area contributed by atoms with Gasteiger partial charge >= 0.3 is 0 Å². The van der Waals surface area contributed by atoms with Gasteiger partial charge in [0.05, 0.1) is 40.2 Å². The second-order valence-corrected chi connectivity index (χ2v) is 15.7. The van der Waals surface area contributed by atoms with Crippen molar-refractivity contribution in [1.82, 2.24) is 5.32 Å². The van der Waals surface area contributed by atoms with Gasteiger partial charge in [-0.25, -0.2) is 8.42 Å². The molecule has 41 heavy (non-hydrogen) atoms. The lowest BCUT2D eigenvalue weighted by molar-refractivity contribution is -0.207. The van der Waals surface area contributed by atoms with E-state index < -0.39 is 34.1 Å². The highest BCUT2D eigenvalue weighted by Gasteiger charge is 2.65. The lowest BCUT2D eigenvalue weighted by atomic mass is 9.43. The average Bonchev–Trinajstić information content (AvgIpc) is 3.27. The molecule has 0 saturated heterocycles. The molecule has 1 aromatic carbocycles. The number of rotatable bonds is 8. The lowest BCUT2D eigenvalue weighted by Crippen LogP contribution is -2.62. The topological polar surface area (TPSA) is 147 Å². The molecule has 1 aromatic rings. The smallest absolute Gasteiger partial charge is 0.220 e. The molecule has 1 amide bonds. The van der Waals surface area contributed by atoms with Gasteiger partial charge in [0.25, 0.3) is 0 Å². The number of benzene rings is 1. The predicted octanol–water partition coefficient (Wildman–Crippen LogP) is 3.77. The number of fused-ring (bicyclic) bond motifs is 5. The minimum atomic E-state index is -4.54. The van der Waals surface area contributed by atoms with Crippen LogP contribution in [0, 0.1) is 46.3 Å². The standard InChI is InChI=1S/C32H49NO7S/c1-19(9-12-29(37)33-26(18-41(38,39)40)20-7-5-4-6-8-20)23-10-11-24-30-25(17-28(36)32(23,24)3)31(2)14-13-22(34)15-21(31)16-27(30)35/h4-8,19,21-28,30,34-36H,9-18H2,1-3H3,(H,33,37)(H,38,39,40)/p-1/t19-,21+,22-,23-,24+,25+,26-,27-,28+,30+,31+,32-/m1/s1. The molecule has 8 nitrogen and oxygen atoms in total. The first-order chi connectivity index (χ1) is 19.2. The molecule has 9 heteroatoms. The minimum Gasteiger partial charge on any atom is -0.748 e. The van der Waals surface area contributed by atoms with Crippen molar-refractivity contribution in [3.8, 4) is 0 Å². The van der Waals surface area contributed by atoms with Gasteiger partial charge in [-0.1, -0.05) is 51.1 Å². The van der Waals surface area contributed by atoms with E-state index in [2.05, 4.69) is 26.1 Å². The van der Waals surface area contributed by atoms with Crippen LogP contribution in [0.25, 0.3) is 0 Å². The Bertz CT molecular complexity index is 1190. The third-order valence-corrected chi connectivity index (χ3v) is 13.0. The van der Waals surface area contributed by atoms with Crippen LogP contribution >= 0.6 is 0 Å². The molecule has 0 aromatic heterocycles. The van der Waals surface area contributed by atoms with Crippen molar-refractivity contribution in [2.45, 2.75) is 103 Å². The van der Waals surface area contributed by atoms with Gasteiger partial charge in [0.2, 0.25) is 5.91 Å². The quantitative estimate of drug-likeness (QED) is 0.337. The van der Waals surface area contributed by atoms with Crippen molar-refractivity contribution >= 4 is 16.0 Å². The van der Waals surface area contributed by atoms with E-state index in [1.54, 1.807) is 30.3 Å². The Kier molecular flexibility index (Phi) is 8.69. The van der Waals surface area contributed by atoms with E-state index in [9.17, 15) is 33.1 Å². The molecule has 0 heterocycles. The summed E-state index contributed by atoms with van der Waals surface area (Å²) in [4.78, 5) is 13.0. The van der Waals surface area contributed by atoms with Gasteiger partial charge in [-0.15, -0.1) is 0 Å². The maximum absolute atomic E-state index is 13.0. The zero-order chi connectivity index (χ0) is 29.7. The summed E-state index contributed by atoms with van der Waals surface area (Å²) in [6.07, 6.45) is 5.34. The van der Waals surface area contributed by atoms with E-state index in [1.165, 1.54) is 0 Å². The molecular formula is C32H48NO7S-. The normalized spacial score (nSPS) is 41.9. The molecule has 12 atom stereocenters. The number of aliphatic hydroxyl groups is 3. The second-order valence-electron chi connectivity index (χ2n) is 14.3. The lowest BCUT2D eigenvalue weighted by Gasteiger charge is -2.63. The first-order valence-corrected chi connectivity index (χ1v) is 17.1. The van der Waals surface area contributed by atoms with Crippen molar-refractivity contribution in [3.05, 3.63) is 35.9 Å². The van der Waals surface area contributed by atoms with Crippen LogP contribution in [0.4, 0.5) is 0 Å². The van der Waals surface area contributed by atoms with Crippen LogP contribution < -0.4 is 5.32 Å². The number of carbonyl (C=O) groups excluding carboxylic acids is 1. The fourth-order valence-electron chi connectivity index (χ4n) is 10.1. The van der Waals surface area contributed by atoms with Gasteiger partial charge in [-0.05, 0) is 103 Å². The molecule has 0 radical (unpaired) electrons. The van der Waals surface area contributed by atoms with Gasteiger partial charge < -0.3 is 25.2 Å². The van der Waals surface area contributed by atoms with Gasteiger partial charge in [-0.3, -0.25) is 4.79 Å². The number of nitrogens with one attached hydrogen (secondary N) is 1. The highest BCUT2D eigenvalue weighted by atomic mass is 32.2. The van der Waals surface area contributed by atoms with Crippen LogP contribution in [-0.4, -0.2) is 58.3 Å². The summed E-state index contributed by atoms with van der Waals surface area (Å²) in [5.41, 5.74) is 0.257. The highest BCUT2D eigenvalue weighted by molar-refractivity contribution is 7.85. The van der Waals surface area contributed by atoms with E-state index in [0.717, 1.165) is 38.5 Å². The third-order valence-electron chi connectivity index (χ3n) is 12.3. The highest BCUT2D eigenvalue weighted by Crippen LogP contribution is 2.68. The SMILES string of the molecule is C[C@H](CCC(=O)N[C@H](CS(=O)(=O)[O-])c1ccccc1)[C@H]1CC[C@H]2[C@@H]3[C@H](O)C[C@@H]4C[C@H](O)CC[C@]4(C)[C@H]3C[C@H](O)[C@]12C. The summed E-state index contributed by atoms with van der Waals surface area (Å²) >= 11 is 0. The monoisotopic (exact) mass is 590 g/mol. The number of amides is 1. The van der Waals surface area contributed by atoms with Crippen molar-refractivity contribution in [1.29, 1.82) is 0 Å². The molecule has 0 unspecified atom stereocenters. The summed E-state index contributed by atoms with van der Waals surface area (Å²) in [6, 6.07) is 7.78. The maximum Gasteiger partial charge on any atom is 0.220 e. The molecule has 4 fully saturated rings. The van der Waals surface area contributed by atoms with Crippen LogP contribution in [-0.2, 0) is 14.9 Å². The molecule has 0 aliphatic heterocycles. The van der Waals surface area contributed by atoms with E-state index in [4.69, 9.17) is 0 Å². The molecular weight excluding hydrogens is 542 g/mol. The fraction of sp³-hybridized carbons (Fsp3) is 0.781. The molecule has 230 valence electrons. The van der Waals surface area contributed by atoms with Crippen LogP contribution in [0.15, 0.2) is 30.3 Å². The van der Waals surface area contributed by atoms with Gasteiger partial charge in [0.15, 0.2) is 0 Å². The number of aliphatic hydroxyl groups excluding tert-OH is 3. The van der Waals surface area contributed by atoms with Crippen LogP contribution in [0.1, 0.15) is 90.2 Å². The molecule has 4 aliphatic carbocycles. The van der Waals surface area contributed by atoms with Gasteiger partial charge in [0, 0.05) is 6.42 Å². The summed E-state index contributed by atoms with van der Waals surface area (Å²) in [5, 5.41) is 36.3. The Labute approximate surface area is 245 Å². The molecule has 4 N–H and O–H groups in total. The maximum atomic E-state index is 13.0. The summed E-state index contributed by atoms with van der Waals surface area (Å²) in [6.45, 7) is 6.67. The van der Waals surface area contributed by atoms with E-state index in [0.29, 0.717) is 18.4 Å². The van der Waals surface area contributed by atoms with Crippen molar-refractivity contribution in [2.24, 2.45) is 46.3 Å². The largest absolute Gasteiger partial charge is 0.748 e. The third kappa shape index (κ3) is 5.86. The van der Waals surface area contributed by atoms with Crippen molar-refractivity contribution < 1.29 is 33.1 Å². The Hall–Kier alpha value is -1.52. The van der Waals surface area contributed by atoms with E-state index >= 15 is 0 Å². The number of hydrogen-bond acceptors (Lipinski definition) is 7. The van der Waals surface area contributed by atoms with Crippen LogP contribution in [0.5, 0.6) is 0 Å². The zero-order valence-corrected chi connectivity index (χ0v) is 25.4. The van der Waals surface area contributed by atoms with Gasteiger partial charge in [-0.2, -0.15) is 0 Å². The molecule has 0 spiro atoms. The van der Waals surface area contributed by atoms with Gasteiger partial charge in [0.1, 0.15) is 0 Å². The zero-order valence-electron chi connectivity index (χ0n) is 24.6. The summed E-state index contributed by atoms with van der Waals surface area (Å²) < 4.78 is 34.5. The molecule has 4 saturated carbocycles. The fourth-order valence-corrected chi connectivity index (χ4v) is 10.8. The van der Waals surface area contributed by atoms with Crippen molar-refractivity contribution in [2.75, 3.05) is 5.75 Å². The average molecular weight is 591 g/mol. The summed E-state index contributed by atoms with van der Waals surface area (Å²) in [5.74, 6) is 0.232. The number of carbonyl (C=O) groups is 1. The van der Waals surface area contributed by atoms with Crippen molar-refractivity contribution in [3.63, 3.8) is 0 Å². The summed E-state index contributed by atoms with van der Waals surface area (Å²) in [7, 11) is -4.54. The Morgan fingerprint density at radius 2 is 1.76 bits per heavy atom. The Morgan fingerprint density at radius 1 is 1.05 bits per heavy atom. The second kappa shape index (κ2) is 11.5. The molecule has 5 rings (SSSR count). The van der Waals surface area contributed by atoms with E-state index in [-0.39, 0.29) is 64.8 Å². The van der Waals surface area contributed by atoms with Crippen LogP contribution in [0.2, 0.25) is 0 Å². The van der Waals surface area contributed by atoms with Crippen LogP contribution in [0.3, 0.4) is 0 Å². The molecule has 0 bridgehead atoms. The first-order valence-electron chi connectivity index (χ1n) is 15.6. The Morgan fingerprint density at radius 3 is 2.44 bits per heavy atom. The Balaban J connectivity index is 1.26. The molecule has 4 aliphatic rings. The number of hydrogen-bond donors (Lipinski definition) is 4.